The Morgan fingerprint density at radius 3 is 0.735 bits per heavy atom. The molecule has 0 unspecified atom stereocenters. The molecule has 0 atom stereocenters. The van der Waals surface area contributed by atoms with E-state index < -0.39 is 0 Å². The van der Waals surface area contributed by atoms with Gasteiger partial charge < -0.3 is 52.3 Å². The van der Waals surface area contributed by atoms with Crippen LogP contribution in [0.15, 0.2) is 0 Å². The number of nitrogens with zero attached hydrogens (tertiary/aromatic N) is 1. The zero-order chi connectivity index (χ0) is 24.8. The van der Waals surface area contributed by atoms with Crippen molar-refractivity contribution in [1.29, 1.82) is 0 Å². The first-order chi connectivity index (χ1) is 16.8. The summed E-state index contributed by atoms with van der Waals surface area (Å²) in [4.78, 5) is 2.08. The average molecular weight is 500 g/mol. The van der Waals surface area contributed by atoms with Crippen molar-refractivity contribution in [2.45, 2.75) is 0 Å². The molecule has 0 amide bonds. The second-order valence-electron chi connectivity index (χ2n) is 7.31. The first-order valence-electron chi connectivity index (χ1n) is 12.1. The Balaban J connectivity index is 3.00. The van der Waals surface area contributed by atoms with Crippen LogP contribution in [0.5, 0.6) is 0 Å². The van der Waals surface area contributed by atoms with Crippen LogP contribution < -0.4 is 0 Å². The second-order valence-corrected chi connectivity index (χ2v) is 7.31. The molecule has 0 aromatic heterocycles. The zero-order valence-electron chi connectivity index (χ0n) is 21.7. The van der Waals surface area contributed by atoms with Crippen LogP contribution in [-0.2, 0) is 47.4 Å². The highest BCUT2D eigenvalue weighted by Crippen LogP contribution is 1.86. The van der Waals surface area contributed by atoms with Gasteiger partial charge in [0.2, 0.25) is 0 Å². The number of rotatable bonds is 30. The zero-order valence-corrected chi connectivity index (χ0v) is 21.7. The summed E-state index contributed by atoms with van der Waals surface area (Å²) in [6, 6.07) is 0. The molecule has 206 valence electrons. The highest BCUT2D eigenvalue weighted by Gasteiger charge is 1.96. The van der Waals surface area contributed by atoms with Crippen LogP contribution in [-0.4, -0.2) is 158 Å². The Kier molecular flexibility index (Phi) is 30.2. The number of hydrogen-bond acceptors (Lipinski definition) is 11. The maximum Gasteiger partial charge on any atom is 0.0701 e. The highest BCUT2D eigenvalue weighted by molar-refractivity contribution is 4.41. The molecule has 34 heavy (non-hydrogen) atoms. The van der Waals surface area contributed by atoms with E-state index in [0.29, 0.717) is 119 Å². The monoisotopic (exact) mass is 499 g/mol. The van der Waals surface area contributed by atoms with Crippen molar-refractivity contribution < 1.29 is 47.4 Å². The fraction of sp³-hybridized carbons (Fsp3) is 1.00. The summed E-state index contributed by atoms with van der Waals surface area (Å²) in [7, 11) is 5.69. The van der Waals surface area contributed by atoms with Crippen LogP contribution >= 0.6 is 0 Å². The van der Waals surface area contributed by atoms with Crippen molar-refractivity contribution in [1.82, 2.24) is 4.90 Å². The molecule has 11 heteroatoms. The molecule has 0 saturated carbocycles. The molecule has 0 aliphatic heterocycles. The summed E-state index contributed by atoms with van der Waals surface area (Å²) in [5, 5.41) is 0. The number of ether oxygens (including phenoxy) is 10. The van der Waals surface area contributed by atoms with Gasteiger partial charge in [-0.1, -0.05) is 0 Å². The van der Waals surface area contributed by atoms with Gasteiger partial charge in [-0.25, -0.2) is 0 Å². The molecule has 0 aliphatic carbocycles. The van der Waals surface area contributed by atoms with E-state index >= 15 is 0 Å². The Bertz CT molecular complexity index is 367. The lowest BCUT2D eigenvalue weighted by atomic mass is 10.6. The van der Waals surface area contributed by atoms with E-state index in [1.165, 1.54) is 0 Å². The molecule has 0 saturated heterocycles. The van der Waals surface area contributed by atoms with E-state index in [1.807, 2.05) is 14.1 Å². The van der Waals surface area contributed by atoms with Crippen LogP contribution in [0, 0.1) is 0 Å². The van der Waals surface area contributed by atoms with E-state index in [4.69, 9.17) is 47.4 Å². The van der Waals surface area contributed by atoms with Gasteiger partial charge in [-0.2, -0.15) is 0 Å². The Labute approximate surface area is 206 Å². The molecule has 0 bridgehead atoms. The molecule has 0 fully saturated rings. The van der Waals surface area contributed by atoms with E-state index in [2.05, 4.69) is 4.90 Å². The van der Waals surface area contributed by atoms with Crippen LogP contribution in [0.2, 0.25) is 0 Å². The van der Waals surface area contributed by atoms with Crippen molar-refractivity contribution in [3.8, 4) is 0 Å². The van der Waals surface area contributed by atoms with E-state index in [-0.39, 0.29) is 0 Å². The van der Waals surface area contributed by atoms with Gasteiger partial charge in [-0.05, 0) is 14.1 Å². The summed E-state index contributed by atoms with van der Waals surface area (Å²) in [6.07, 6.45) is 0. The minimum Gasteiger partial charge on any atom is -0.382 e. The largest absolute Gasteiger partial charge is 0.382 e. The summed E-state index contributed by atoms with van der Waals surface area (Å²) in [5.74, 6) is 0. The Hall–Kier alpha value is -0.440. The molecule has 0 aromatic carbocycles. The number of methoxy groups -OCH3 is 1. The maximum atomic E-state index is 5.45. The third-order valence-electron chi connectivity index (χ3n) is 4.09. The smallest absolute Gasteiger partial charge is 0.0701 e. The lowest BCUT2D eigenvalue weighted by Gasteiger charge is -2.10. The fourth-order valence-electron chi connectivity index (χ4n) is 2.25. The molecule has 0 heterocycles. The summed E-state index contributed by atoms with van der Waals surface area (Å²) < 4.78 is 53.6. The van der Waals surface area contributed by atoms with Gasteiger partial charge >= 0.3 is 0 Å². The third kappa shape index (κ3) is 31.6. The summed E-state index contributed by atoms with van der Waals surface area (Å²) >= 11 is 0. The van der Waals surface area contributed by atoms with Gasteiger partial charge in [0.1, 0.15) is 0 Å². The SMILES string of the molecule is COCCOCCOCCOCCOCCOCCOCCOCCOCCOCCN(C)C. The van der Waals surface area contributed by atoms with Crippen LogP contribution in [0.3, 0.4) is 0 Å². The first-order valence-corrected chi connectivity index (χ1v) is 12.1. The van der Waals surface area contributed by atoms with Gasteiger partial charge in [-0.3, -0.25) is 0 Å². The quantitative estimate of drug-likeness (QED) is 0.128. The van der Waals surface area contributed by atoms with Crippen molar-refractivity contribution in [3.05, 3.63) is 0 Å². The van der Waals surface area contributed by atoms with Gasteiger partial charge in [0, 0.05) is 13.7 Å². The first kappa shape index (κ1) is 33.6. The molecule has 0 N–H and O–H groups in total. The minimum atomic E-state index is 0.530. The number of likely N-dealkylation sites (N-methyl/N-ethyl adjacent to an activating group) is 1. The minimum absolute atomic E-state index is 0.530. The molecule has 0 aliphatic rings. The molecule has 11 nitrogen and oxygen atoms in total. The van der Waals surface area contributed by atoms with Gasteiger partial charge in [0.15, 0.2) is 0 Å². The predicted molar refractivity (Wildman–Crippen MR) is 128 cm³/mol. The fourth-order valence-corrected chi connectivity index (χ4v) is 2.25. The standard InChI is InChI=1S/C23H49NO10/c1-24(2)4-5-26-8-9-28-12-13-30-16-17-32-20-21-34-23-22-33-19-18-31-15-14-29-11-10-27-7-6-25-3/h4-23H2,1-3H3. The van der Waals surface area contributed by atoms with E-state index in [0.717, 1.165) is 13.2 Å². The molecule has 0 radical (unpaired) electrons. The summed E-state index contributed by atoms with van der Waals surface area (Å²) in [6.45, 7) is 11.6. The molecule has 0 spiro atoms. The lowest BCUT2D eigenvalue weighted by Crippen LogP contribution is -2.19. The van der Waals surface area contributed by atoms with E-state index in [9.17, 15) is 0 Å². The molecule has 0 aromatic rings. The van der Waals surface area contributed by atoms with Gasteiger partial charge in [0.25, 0.3) is 0 Å². The third-order valence-corrected chi connectivity index (χ3v) is 4.09. The highest BCUT2D eigenvalue weighted by atomic mass is 16.6. The van der Waals surface area contributed by atoms with E-state index in [1.54, 1.807) is 7.11 Å². The lowest BCUT2D eigenvalue weighted by molar-refractivity contribution is -0.0260. The maximum absolute atomic E-state index is 5.45. The molecular weight excluding hydrogens is 450 g/mol. The second kappa shape index (κ2) is 30.6. The topological polar surface area (TPSA) is 95.5 Å². The number of hydrogen-bond donors (Lipinski definition) is 0. The Morgan fingerprint density at radius 1 is 0.324 bits per heavy atom. The Morgan fingerprint density at radius 2 is 0.529 bits per heavy atom. The van der Waals surface area contributed by atoms with Gasteiger partial charge in [0.05, 0.1) is 126 Å². The molecular formula is C23H49NO10. The normalized spacial score (nSPS) is 11.6. The van der Waals surface area contributed by atoms with Gasteiger partial charge in [-0.15, -0.1) is 0 Å². The summed E-state index contributed by atoms with van der Waals surface area (Å²) in [5.41, 5.74) is 0. The average Bonchev–Trinajstić information content (AvgIpc) is 2.83. The predicted octanol–water partition coefficient (Wildman–Crippen LogP) is 0.344. The van der Waals surface area contributed by atoms with Crippen LogP contribution in [0.1, 0.15) is 0 Å². The molecule has 0 rings (SSSR count). The van der Waals surface area contributed by atoms with Crippen molar-refractivity contribution in [3.63, 3.8) is 0 Å². The van der Waals surface area contributed by atoms with Crippen molar-refractivity contribution >= 4 is 0 Å². The van der Waals surface area contributed by atoms with Crippen LogP contribution in [0.4, 0.5) is 0 Å². The van der Waals surface area contributed by atoms with Crippen molar-refractivity contribution in [2.75, 3.05) is 153 Å². The van der Waals surface area contributed by atoms with Crippen LogP contribution in [0.25, 0.3) is 0 Å². The van der Waals surface area contributed by atoms with Crippen molar-refractivity contribution in [2.24, 2.45) is 0 Å².